The number of rotatable bonds is 7. The van der Waals surface area contributed by atoms with E-state index in [0.29, 0.717) is 19.9 Å². The van der Waals surface area contributed by atoms with Crippen LogP contribution in [-0.2, 0) is 24.3 Å². The van der Waals surface area contributed by atoms with Crippen molar-refractivity contribution in [2.24, 2.45) is 4.99 Å². The molecule has 138 valence electrons. The minimum Gasteiger partial charge on any atom is -0.454 e. The Labute approximate surface area is 154 Å². The molecule has 0 unspecified atom stereocenters. The Hall–Kier alpha value is -2.73. The molecule has 0 atom stereocenters. The average molecular weight is 355 g/mol. The average Bonchev–Trinajstić information content (AvgIpc) is 3.13. The van der Waals surface area contributed by atoms with Gasteiger partial charge in [-0.05, 0) is 35.2 Å². The molecule has 1 aliphatic rings. The number of methoxy groups -OCH3 is 1. The molecule has 0 aromatic heterocycles. The standard InChI is InChI=1S/C20H25N3O3/c1-21-20(23-12-16-4-3-5-17(10-16)13-24-2)22-9-8-15-6-7-18-19(11-15)26-14-25-18/h3-7,10-11H,8-9,12-14H2,1-2H3,(H2,21,22,23). The Bertz CT molecular complexity index is 762. The highest BCUT2D eigenvalue weighted by atomic mass is 16.7. The van der Waals surface area contributed by atoms with E-state index in [9.17, 15) is 0 Å². The summed E-state index contributed by atoms with van der Waals surface area (Å²) in [5, 5.41) is 6.67. The van der Waals surface area contributed by atoms with Crippen LogP contribution in [0, 0.1) is 0 Å². The van der Waals surface area contributed by atoms with Gasteiger partial charge in [-0.3, -0.25) is 4.99 Å². The van der Waals surface area contributed by atoms with Crippen molar-refractivity contribution in [3.05, 3.63) is 59.2 Å². The Kier molecular flexibility index (Phi) is 6.33. The van der Waals surface area contributed by atoms with Gasteiger partial charge in [-0.2, -0.15) is 0 Å². The minimum atomic E-state index is 0.305. The Balaban J connectivity index is 1.45. The van der Waals surface area contributed by atoms with E-state index in [1.807, 2.05) is 18.2 Å². The first-order chi connectivity index (χ1) is 12.8. The van der Waals surface area contributed by atoms with Gasteiger partial charge in [-0.25, -0.2) is 0 Å². The van der Waals surface area contributed by atoms with E-state index in [-0.39, 0.29) is 0 Å². The van der Waals surface area contributed by atoms with Gasteiger partial charge >= 0.3 is 0 Å². The van der Waals surface area contributed by atoms with Gasteiger partial charge in [0.05, 0.1) is 6.61 Å². The van der Waals surface area contributed by atoms with E-state index >= 15 is 0 Å². The molecule has 0 amide bonds. The van der Waals surface area contributed by atoms with Crippen molar-refractivity contribution in [1.82, 2.24) is 10.6 Å². The maximum atomic E-state index is 5.41. The molecule has 1 heterocycles. The smallest absolute Gasteiger partial charge is 0.231 e. The lowest BCUT2D eigenvalue weighted by molar-refractivity contribution is 0.174. The summed E-state index contributed by atoms with van der Waals surface area (Å²) in [6, 6.07) is 14.4. The molecule has 0 saturated heterocycles. The highest BCUT2D eigenvalue weighted by Gasteiger charge is 2.12. The first-order valence-corrected chi connectivity index (χ1v) is 8.68. The summed E-state index contributed by atoms with van der Waals surface area (Å²) < 4.78 is 15.9. The molecule has 0 spiro atoms. The third-order valence-corrected chi connectivity index (χ3v) is 4.13. The highest BCUT2D eigenvalue weighted by molar-refractivity contribution is 5.79. The molecule has 3 rings (SSSR count). The van der Waals surface area contributed by atoms with Crippen molar-refractivity contribution in [3.63, 3.8) is 0 Å². The zero-order chi connectivity index (χ0) is 18.2. The van der Waals surface area contributed by atoms with Crippen molar-refractivity contribution in [1.29, 1.82) is 0 Å². The van der Waals surface area contributed by atoms with Crippen LogP contribution in [0.3, 0.4) is 0 Å². The predicted molar refractivity (Wildman–Crippen MR) is 102 cm³/mol. The Morgan fingerprint density at radius 2 is 1.88 bits per heavy atom. The third kappa shape index (κ3) is 4.89. The summed E-state index contributed by atoms with van der Waals surface area (Å²) in [6.45, 7) is 2.42. The lowest BCUT2D eigenvalue weighted by atomic mass is 10.1. The molecule has 0 radical (unpaired) electrons. The fourth-order valence-corrected chi connectivity index (χ4v) is 2.82. The van der Waals surface area contributed by atoms with E-state index < -0.39 is 0 Å². The van der Waals surface area contributed by atoms with E-state index in [1.165, 1.54) is 11.1 Å². The molecule has 2 aromatic carbocycles. The molecular formula is C20H25N3O3. The van der Waals surface area contributed by atoms with Gasteiger partial charge < -0.3 is 24.8 Å². The van der Waals surface area contributed by atoms with Crippen LogP contribution >= 0.6 is 0 Å². The molecule has 26 heavy (non-hydrogen) atoms. The Morgan fingerprint density at radius 1 is 1.04 bits per heavy atom. The first kappa shape index (κ1) is 18.1. The van der Waals surface area contributed by atoms with Crippen molar-refractivity contribution >= 4 is 5.96 Å². The molecule has 1 aliphatic heterocycles. The topological polar surface area (TPSA) is 64.1 Å². The lowest BCUT2D eigenvalue weighted by Gasteiger charge is -2.12. The Morgan fingerprint density at radius 3 is 2.73 bits per heavy atom. The lowest BCUT2D eigenvalue weighted by Crippen LogP contribution is -2.37. The summed E-state index contributed by atoms with van der Waals surface area (Å²) in [5.41, 5.74) is 3.56. The predicted octanol–water partition coefficient (Wildman–Crippen LogP) is 2.47. The van der Waals surface area contributed by atoms with Crippen LogP contribution in [0.4, 0.5) is 0 Å². The van der Waals surface area contributed by atoms with Crippen molar-refractivity contribution in [2.45, 2.75) is 19.6 Å². The number of fused-ring (bicyclic) bond motifs is 1. The van der Waals surface area contributed by atoms with Crippen LogP contribution in [0.1, 0.15) is 16.7 Å². The van der Waals surface area contributed by atoms with Crippen LogP contribution in [-0.4, -0.2) is 33.5 Å². The van der Waals surface area contributed by atoms with Crippen molar-refractivity contribution in [3.8, 4) is 11.5 Å². The summed E-state index contributed by atoms with van der Waals surface area (Å²) >= 11 is 0. The van der Waals surface area contributed by atoms with Gasteiger partial charge in [-0.15, -0.1) is 0 Å². The molecule has 0 aliphatic carbocycles. The van der Waals surface area contributed by atoms with Gasteiger partial charge in [0.1, 0.15) is 0 Å². The van der Waals surface area contributed by atoms with Crippen LogP contribution < -0.4 is 20.1 Å². The quantitative estimate of drug-likeness (QED) is 0.590. The second kappa shape index (κ2) is 9.10. The minimum absolute atomic E-state index is 0.305. The molecule has 6 heteroatoms. The van der Waals surface area contributed by atoms with E-state index in [4.69, 9.17) is 14.2 Å². The van der Waals surface area contributed by atoms with Crippen molar-refractivity contribution in [2.75, 3.05) is 27.5 Å². The molecule has 0 saturated carbocycles. The molecule has 2 aromatic rings. The fraction of sp³-hybridized carbons (Fsp3) is 0.350. The number of aliphatic imine (C=N–C) groups is 1. The first-order valence-electron chi connectivity index (χ1n) is 8.68. The maximum absolute atomic E-state index is 5.41. The fourth-order valence-electron chi connectivity index (χ4n) is 2.82. The molecule has 0 fully saturated rings. The number of nitrogens with zero attached hydrogens (tertiary/aromatic N) is 1. The van der Waals surface area contributed by atoms with Crippen LogP contribution in [0.5, 0.6) is 11.5 Å². The van der Waals surface area contributed by atoms with Crippen LogP contribution in [0.25, 0.3) is 0 Å². The molecule has 2 N–H and O–H groups in total. The molecular weight excluding hydrogens is 330 g/mol. The van der Waals surface area contributed by atoms with E-state index in [2.05, 4.69) is 39.9 Å². The zero-order valence-corrected chi connectivity index (χ0v) is 15.2. The summed E-state index contributed by atoms with van der Waals surface area (Å²) in [6.07, 6.45) is 0.876. The number of guanidine groups is 1. The van der Waals surface area contributed by atoms with Crippen LogP contribution in [0.15, 0.2) is 47.5 Å². The van der Waals surface area contributed by atoms with Gasteiger partial charge in [0.25, 0.3) is 0 Å². The zero-order valence-electron chi connectivity index (χ0n) is 15.2. The number of nitrogens with one attached hydrogen (secondary N) is 2. The highest BCUT2D eigenvalue weighted by Crippen LogP contribution is 2.32. The SMILES string of the molecule is CN=C(NCCc1ccc2c(c1)OCO2)NCc1cccc(COC)c1. The van der Waals surface area contributed by atoms with E-state index in [1.54, 1.807) is 14.2 Å². The summed E-state index contributed by atoms with van der Waals surface area (Å²) in [5.74, 6) is 2.42. The number of benzene rings is 2. The van der Waals surface area contributed by atoms with Crippen LogP contribution in [0.2, 0.25) is 0 Å². The van der Waals surface area contributed by atoms with E-state index in [0.717, 1.165) is 36.0 Å². The summed E-state index contributed by atoms with van der Waals surface area (Å²) in [7, 11) is 3.48. The van der Waals surface area contributed by atoms with Crippen molar-refractivity contribution < 1.29 is 14.2 Å². The third-order valence-electron chi connectivity index (χ3n) is 4.13. The normalized spacial score (nSPS) is 12.9. The number of hydrogen-bond acceptors (Lipinski definition) is 4. The molecule has 6 nitrogen and oxygen atoms in total. The number of ether oxygens (including phenoxy) is 3. The van der Waals surface area contributed by atoms with Gasteiger partial charge in [0, 0.05) is 27.2 Å². The number of hydrogen-bond donors (Lipinski definition) is 2. The van der Waals surface area contributed by atoms with Gasteiger partial charge in [0.2, 0.25) is 6.79 Å². The maximum Gasteiger partial charge on any atom is 0.231 e. The summed E-state index contributed by atoms with van der Waals surface area (Å²) in [4.78, 5) is 4.28. The van der Waals surface area contributed by atoms with Gasteiger partial charge in [-0.1, -0.05) is 30.3 Å². The molecule has 0 bridgehead atoms. The van der Waals surface area contributed by atoms with Gasteiger partial charge in [0.15, 0.2) is 17.5 Å². The largest absolute Gasteiger partial charge is 0.454 e. The second-order valence-electron chi connectivity index (χ2n) is 6.04. The monoisotopic (exact) mass is 355 g/mol. The second-order valence-corrected chi connectivity index (χ2v) is 6.04.